The lowest BCUT2D eigenvalue weighted by atomic mass is 10.1. The maximum atomic E-state index is 9.47. The molecule has 11 heavy (non-hydrogen) atoms. The molecular formula is C9H19NO. The van der Waals surface area contributed by atoms with Crippen molar-refractivity contribution in [3.63, 3.8) is 0 Å². The van der Waals surface area contributed by atoms with Crippen molar-refractivity contribution >= 4 is 0 Å². The molecule has 0 unspecified atom stereocenters. The lowest BCUT2D eigenvalue weighted by Crippen LogP contribution is -2.40. The normalized spacial score (nSPS) is 34.1. The number of aliphatic hydroxyl groups is 1. The van der Waals surface area contributed by atoms with Gasteiger partial charge in [-0.3, -0.25) is 0 Å². The van der Waals surface area contributed by atoms with Crippen LogP contribution in [-0.2, 0) is 0 Å². The zero-order valence-corrected chi connectivity index (χ0v) is 7.51. The maximum absolute atomic E-state index is 9.47. The number of hydrogen-bond acceptors (Lipinski definition) is 2. The molecule has 66 valence electrons. The van der Waals surface area contributed by atoms with E-state index in [4.69, 9.17) is 0 Å². The van der Waals surface area contributed by atoms with Crippen LogP contribution in [0.2, 0.25) is 0 Å². The van der Waals surface area contributed by atoms with Crippen molar-refractivity contribution in [3.8, 4) is 0 Å². The molecule has 0 aromatic carbocycles. The van der Waals surface area contributed by atoms with Crippen molar-refractivity contribution in [1.29, 1.82) is 0 Å². The van der Waals surface area contributed by atoms with Crippen LogP contribution in [0.5, 0.6) is 0 Å². The summed E-state index contributed by atoms with van der Waals surface area (Å²) >= 11 is 0. The van der Waals surface area contributed by atoms with Gasteiger partial charge in [-0.1, -0.05) is 6.92 Å². The van der Waals surface area contributed by atoms with Crippen LogP contribution in [0.3, 0.4) is 0 Å². The molecule has 0 aliphatic heterocycles. The van der Waals surface area contributed by atoms with E-state index in [1.807, 2.05) is 0 Å². The number of hydrogen-bond donors (Lipinski definition) is 2. The molecule has 0 aromatic heterocycles. The molecule has 1 saturated carbocycles. The number of aliphatic hydroxyl groups excluding tert-OH is 1. The quantitative estimate of drug-likeness (QED) is 0.647. The number of nitrogens with one attached hydrogen (secondary N) is 1. The van der Waals surface area contributed by atoms with Crippen molar-refractivity contribution in [2.24, 2.45) is 0 Å². The highest BCUT2D eigenvalue weighted by molar-refractivity contribution is 4.83. The van der Waals surface area contributed by atoms with Crippen molar-refractivity contribution in [2.75, 3.05) is 0 Å². The largest absolute Gasteiger partial charge is 0.392 e. The zero-order chi connectivity index (χ0) is 8.27. The Hall–Kier alpha value is -0.0800. The monoisotopic (exact) mass is 157 g/mol. The Morgan fingerprint density at radius 2 is 2.27 bits per heavy atom. The predicted molar refractivity (Wildman–Crippen MR) is 46.5 cm³/mol. The molecule has 0 saturated heterocycles. The highest BCUT2D eigenvalue weighted by atomic mass is 16.3. The van der Waals surface area contributed by atoms with Gasteiger partial charge in [-0.05, 0) is 32.6 Å². The minimum atomic E-state index is -0.0935. The average Bonchev–Trinajstić information content (AvgIpc) is 2.37. The summed E-state index contributed by atoms with van der Waals surface area (Å²) in [4.78, 5) is 0. The SMILES string of the molecule is CC[C@H](C)N[C@@H]1CCC[C@H]1O. The molecule has 1 rings (SSSR count). The first-order valence-corrected chi connectivity index (χ1v) is 4.68. The molecule has 1 fully saturated rings. The molecule has 2 N–H and O–H groups in total. The van der Waals surface area contributed by atoms with Crippen LogP contribution in [-0.4, -0.2) is 23.3 Å². The lowest BCUT2D eigenvalue weighted by Gasteiger charge is -2.20. The smallest absolute Gasteiger partial charge is 0.0693 e. The van der Waals surface area contributed by atoms with Gasteiger partial charge in [0.25, 0.3) is 0 Å². The van der Waals surface area contributed by atoms with E-state index >= 15 is 0 Å². The van der Waals surface area contributed by atoms with Gasteiger partial charge >= 0.3 is 0 Å². The molecule has 3 atom stereocenters. The zero-order valence-electron chi connectivity index (χ0n) is 7.51. The standard InChI is InChI=1S/C9H19NO/c1-3-7(2)10-8-5-4-6-9(8)11/h7-11H,3-6H2,1-2H3/t7-,8+,9+/m0/s1. The van der Waals surface area contributed by atoms with Crippen LogP contribution >= 0.6 is 0 Å². The van der Waals surface area contributed by atoms with E-state index in [0.29, 0.717) is 12.1 Å². The molecule has 0 amide bonds. The lowest BCUT2D eigenvalue weighted by molar-refractivity contribution is 0.143. The molecular weight excluding hydrogens is 138 g/mol. The third-order valence-electron chi connectivity index (χ3n) is 2.59. The van der Waals surface area contributed by atoms with Crippen LogP contribution < -0.4 is 5.32 Å². The Kier molecular flexibility index (Phi) is 3.34. The van der Waals surface area contributed by atoms with E-state index in [2.05, 4.69) is 19.2 Å². The molecule has 0 radical (unpaired) electrons. The molecule has 0 heterocycles. The fourth-order valence-corrected chi connectivity index (χ4v) is 1.62. The Morgan fingerprint density at radius 1 is 1.55 bits per heavy atom. The Balaban J connectivity index is 2.24. The van der Waals surface area contributed by atoms with Crippen LogP contribution in [0.1, 0.15) is 39.5 Å². The van der Waals surface area contributed by atoms with Crippen molar-refractivity contribution in [2.45, 2.75) is 57.7 Å². The first-order chi connectivity index (χ1) is 5.24. The number of rotatable bonds is 3. The summed E-state index contributed by atoms with van der Waals surface area (Å²) in [7, 11) is 0. The van der Waals surface area contributed by atoms with Gasteiger partial charge in [-0.15, -0.1) is 0 Å². The van der Waals surface area contributed by atoms with Gasteiger partial charge in [0.2, 0.25) is 0 Å². The topological polar surface area (TPSA) is 32.3 Å². The molecule has 2 nitrogen and oxygen atoms in total. The van der Waals surface area contributed by atoms with E-state index in [0.717, 1.165) is 19.3 Å². The van der Waals surface area contributed by atoms with Crippen LogP contribution in [0.15, 0.2) is 0 Å². The van der Waals surface area contributed by atoms with E-state index in [-0.39, 0.29) is 6.10 Å². The summed E-state index contributed by atoms with van der Waals surface area (Å²) in [5, 5.41) is 12.9. The van der Waals surface area contributed by atoms with Crippen molar-refractivity contribution in [3.05, 3.63) is 0 Å². The second-order valence-electron chi connectivity index (χ2n) is 3.58. The molecule has 0 spiro atoms. The summed E-state index contributed by atoms with van der Waals surface area (Å²) in [6.45, 7) is 4.34. The molecule has 2 heteroatoms. The predicted octanol–water partition coefficient (Wildman–Crippen LogP) is 1.29. The fourth-order valence-electron chi connectivity index (χ4n) is 1.62. The van der Waals surface area contributed by atoms with E-state index in [1.165, 1.54) is 6.42 Å². The molecule has 0 aromatic rings. The second kappa shape index (κ2) is 4.07. The summed E-state index contributed by atoms with van der Waals surface area (Å²) in [5.41, 5.74) is 0. The van der Waals surface area contributed by atoms with E-state index in [1.54, 1.807) is 0 Å². The third kappa shape index (κ3) is 2.46. The third-order valence-corrected chi connectivity index (χ3v) is 2.59. The van der Waals surface area contributed by atoms with E-state index in [9.17, 15) is 5.11 Å². The van der Waals surface area contributed by atoms with Crippen molar-refractivity contribution < 1.29 is 5.11 Å². The van der Waals surface area contributed by atoms with Crippen molar-refractivity contribution in [1.82, 2.24) is 5.32 Å². The fraction of sp³-hybridized carbons (Fsp3) is 1.00. The van der Waals surface area contributed by atoms with Gasteiger partial charge < -0.3 is 10.4 Å². The van der Waals surface area contributed by atoms with Crippen LogP contribution in [0.25, 0.3) is 0 Å². The average molecular weight is 157 g/mol. The Morgan fingerprint density at radius 3 is 2.73 bits per heavy atom. The van der Waals surface area contributed by atoms with Gasteiger partial charge in [-0.2, -0.15) is 0 Å². The summed E-state index contributed by atoms with van der Waals surface area (Å²) in [6, 6.07) is 0.915. The van der Waals surface area contributed by atoms with Gasteiger partial charge in [-0.25, -0.2) is 0 Å². The minimum Gasteiger partial charge on any atom is -0.392 e. The highest BCUT2D eigenvalue weighted by Gasteiger charge is 2.25. The first kappa shape index (κ1) is 9.01. The molecule has 1 aliphatic carbocycles. The minimum absolute atomic E-state index is 0.0935. The van der Waals surface area contributed by atoms with Gasteiger partial charge in [0.05, 0.1) is 6.10 Å². The molecule has 1 aliphatic rings. The van der Waals surface area contributed by atoms with Crippen LogP contribution in [0.4, 0.5) is 0 Å². The van der Waals surface area contributed by atoms with E-state index < -0.39 is 0 Å². The Labute approximate surface area is 69.0 Å². The summed E-state index contributed by atoms with van der Waals surface area (Å²) in [6.07, 6.45) is 4.35. The summed E-state index contributed by atoms with van der Waals surface area (Å²) in [5.74, 6) is 0. The van der Waals surface area contributed by atoms with Gasteiger partial charge in [0.15, 0.2) is 0 Å². The van der Waals surface area contributed by atoms with Gasteiger partial charge in [0, 0.05) is 12.1 Å². The second-order valence-corrected chi connectivity index (χ2v) is 3.58. The Bertz CT molecular complexity index is 116. The van der Waals surface area contributed by atoms with Gasteiger partial charge in [0.1, 0.15) is 0 Å². The highest BCUT2D eigenvalue weighted by Crippen LogP contribution is 2.19. The first-order valence-electron chi connectivity index (χ1n) is 4.68. The summed E-state index contributed by atoms with van der Waals surface area (Å²) < 4.78 is 0. The van der Waals surface area contributed by atoms with Crippen LogP contribution in [0, 0.1) is 0 Å². The molecule has 0 bridgehead atoms. The maximum Gasteiger partial charge on any atom is 0.0693 e.